The van der Waals surface area contributed by atoms with Gasteiger partial charge in [-0.2, -0.15) is 0 Å². The van der Waals surface area contributed by atoms with E-state index in [0.29, 0.717) is 26.1 Å². The summed E-state index contributed by atoms with van der Waals surface area (Å²) >= 11 is 0. The molecule has 5 heteroatoms. The molecule has 1 aromatic heterocycles. The summed E-state index contributed by atoms with van der Waals surface area (Å²) in [6.45, 7) is 9.41. The lowest BCUT2D eigenvalue weighted by atomic mass is 10.1. The van der Waals surface area contributed by atoms with Crippen LogP contribution < -0.4 is 10.1 Å². The van der Waals surface area contributed by atoms with E-state index in [2.05, 4.69) is 48.5 Å². The van der Waals surface area contributed by atoms with Crippen LogP contribution in [0, 0.1) is 13.8 Å². The first-order chi connectivity index (χ1) is 13.1. The summed E-state index contributed by atoms with van der Waals surface area (Å²) in [6.07, 6.45) is 1.93. The molecule has 0 aliphatic heterocycles. The van der Waals surface area contributed by atoms with Crippen LogP contribution in [0.15, 0.2) is 55.1 Å². The number of aryl methyl sites for hydroxylation is 2. The minimum atomic E-state index is -0.171. The maximum absolute atomic E-state index is 11.4. The number of nitrogens with one attached hydrogen (secondary N) is 1. The Kier molecular flexibility index (Phi) is 5.91. The molecule has 140 valence electrons. The van der Waals surface area contributed by atoms with Crippen molar-refractivity contribution in [1.82, 2.24) is 14.9 Å². The summed E-state index contributed by atoms with van der Waals surface area (Å²) in [5.74, 6) is 1.64. The molecule has 0 saturated carbocycles. The largest absolute Gasteiger partial charge is 0.492 e. The zero-order valence-corrected chi connectivity index (χ0v) is 15.9. The third-order valence-corrected chi connectivity index (χ3v) is 4.63. The Hall–Kier alpha value is -3.08. The molecule has 3 rings (SSSR count). The molecule has 2 aromatic carbocycles. The van der Waals surface area contributed by atoms with E-state index >= 15 is 0 Å². The highest BCUT2D eigenvalue weighted by atomic mass is 16.5. The molecule has 0 saturated heterocycles. The number of hydrogen-bond donors (Lipinski definition) is 1. The molecule has 1 amide bonds. The molecule has 1 N–H and O–H groups in total. The van der Waals surface area contributed by atoms with Crippen LogP contribution in [-0.4, -0.2) is 28.6 Å². The molecule has 3 aromatic rings. The van der Waals surface area contributed by atoms with Gasteiger partial charge in [-0.1, -0.05) is 24.8 Å². The highest BCUT2D eigenvalue weighted by Gasteiger charge is 2.10. The molecular weight excluding hydrogens is 338 g/mol. The minimum absolute atomic E-state index is 0.171. The predicted octanol–water partition coefficient (Wildman–Crippen LogP) is 3.58. The summed E-state index contributed by atoms with van der Waals surface area (Å²) in [6, 6.07) is 14.2. The summed E-state index contributed by atoms with van der Waals surface area (Å²) in [5, 5.41) is 2.80. The number of carbonyl (C=O) groups excluding carboxylic acids is 1. The second-order valence-corrected chi connectivity index (χ2v) is 6.51. The number of rotatable bonds is 8. The number of nitrogens with zero attached hydrogens (tertiary/aromatic N) is 2. The van der Waals surface area contributed by atoms with Crippen molar-refractivity contribution in [2.24, 2.45) is 0 Å². The second kappa shape index (κ2) is 8.54. The summed E-state index contributed by atoms with van der Waals surface area (Å²) in [7, 11) is 0. The van der Waals surface area contributed by atoms with Gasteiger partial charge in [-0.25, -0.2) is 4.98 Å². The van der Waals surface area contributed by atoms with Gasteiger partial charge >= 0.3 is 0 Å². The van der Waals surface area contributed by atoms with Crippen molar-refractivity contribution in [2.45, 2.75) is 26.8 Å². The Morgan fingerprint density at radius 1 is 1.22 bits per heavy atom. The van der Waals surface area contributed by atoms with Crippen molar-refractivity contribution in [3.8, 4) is 5.75 Å². The van der Waals surface area contributed by atoms with Crippen LogP contribution in [0.4, 0.5) is 0 Å². The molecule has 0 aliphatic rings. The predicted molar refractivity (Wildman–Crippen MR) is 108 cm³/mol. The number of fused-ring (bicyclic) bond motifs is 1. The fraction of sp³-hybridized carbons (Fsp3) is 0.273. The van der Waals surface area contributed by atoms with E-state index in [4.69, 9.17) is 9.72 Å². The van der Waals surface area contributed by atoms with Gasteiger partial charge < -0.3 is 14.6 Å². The molecule has 1 heterocycles. The van der Waals surface area contributed by atoms with Gasteiger partial charge in [-0.3, -0.25) is 4.79 Å². The van der Waals surface area contributed by atoms with Crippen molar-refractivity contribution in [2.75, 3.05) is 13.2 Å². The van der Waals surface area contributed by atoms with Gasteiger partial charge in [0.1, 0.15) is 18.2 Å². The topological polar surface area (TPSA) is 56.2 Å². The molecule has 0 fully saturated rings. The Labute approximate surface area is 159 Å². The van der Waals surface area contributed by atoms with Crippen molar-refractivity contribution in [1.29, 1.82) is 0 Å². The molecule has 0 spiro atoms. The number of ether oxygens (including phenoxy) is 1. The van der Waals surface area contributed by atoms with Crippen LogP contribution in [0.1, 0.15) is 17.0 Å². The molecule has 0 bridgehead atoms. The lowest BCUT2D eigenvalue weighted by molar-refractivity contribution is -0.116. The number of amides is 1. The number of para-hydroxylation sites is 2. The fourth-order valence-electron chi connectivity index (χ4n) is 2.99. The van der Waals surface area contributed by atoms with Crippen LogP contribution in [-0.2, 0) is 17.8 Å². The monoisotopic (exact) mass is 363 g/mol. The molecule has 0 atom stereocenters. The molecule has 0 unspecified atom stereocenters. The van der Waals surface area contributed by atoms with E-state index in [-0.39, 0.29) is 5.91 Å². The van der Waals surface area contributed by atoms with Gasteiger partial charge in [0, 0.05) is 13.0 Å². The van der Waals surface area contributed by atoms with Crippen LogP contribution in [0.25, 0.3) is 11.0 Å². The van der Waals surface area contributed by atoms with Crippen molar-refractivity contribution >= 4 is 16.9 Å². The van der Waals surface area contributed by atoms with Crippen molar-refractivity contribution < 1.29 is 9.53 Å². The third-order valence-electron chi connectivity index (χ3n) is 4.63. The first kappa shape index (κ1) is 18.7. The van der Waals surface area contributed by atoms with E-state index in [9.17, 15) is 4.79 Å². The van der Waals surface area contributed by atoms with Gasteiger partial charge in [0.15, 0.2) is 0 Å². The molecule has 0 aliphatic carbocycles. The lowest BCUT2D eigenvalue weighted by Crippen LogP contribution is -2.24. The summed E-state index contributed by atoms with van der Waals surface area (Å²) < 4.78 is 8.11. The van der Waals surface area contributed by atoms with Crippen molar-refractivity contribution in [3.63, 3.8) is 0 Å². The zero-order valence-electron chi connectivity index (χ0n) is 15.9. The number of benzene rings is 2. The van der Waals surface area contributed by atoms with E-state index < -0.39 is 0 Å². The SMILES string of the molecule is C=CC(=O)NCCc1nc2ccccc2n1CCOc1ccc(C)c(C)c1. The molecule has 27 heavy (non-hydrogen) atoms. The van der Waals surface area contributed by atoms with Crippen LogP contribution in [0.5, 0.6) is 5.75 Å². The maximum Gasteiger partial charge on any atom is 0.243 e. The normalized spacial score (nSPS) is 10.7. The smallest absolute Gasteiger partial charge is 0.243 e. The first-order valence-electron chi connectivity index (χ1n) is 9.13. The average molecular weight is 363 g/mol. The fourth-order valence-corrected chi connectivity index (χ4v) is 2.99. The van der Waals surface area contributed by atoms with Gasteiger partial charge in [-0.15, -0.1) is 0 Å². The number of hydrogen-bond acceptors (Lipinski definition) is 3. The van der Waals surface area contributed by atoms with Gasteiger partial charge in [-0.05, 0) is 55.3 Å². The Morgan fingerprint density at radius 2 is 2.04 bits per heavy atom. The van der Waals surface area contributed by atoms with E-state index in [1.165, 1.54) is 17.2 Å². The summed E-state index contributed by atoms with van der Waals surface area (Å²) in [4.78, 5) is 16.1. The van der Waals surface area contributed by atoms with Crippen LogP contribution in [0.3, 0.4) is 0 Å². The van der Waals surface area contributed by atoms with Gasteiger partial charge in [0.25, 0.3) is 0 Å². The summed E-state index contributed by atoms with van der Waals surface area (Å²) in [5.41, 5.74) is 4.51. The van der Waals surface area contributed by atoms with E-state index in [0.717, 1.165) is 22.6 Å². The average Bonchev–Trinajstić information content (AvgIpc) is 3.02. The molecule has 0 radical (unpaired) electrons. The second-order valence-electron chi connectivity index (χ2n) is 6.51. The number of imidazole rings is 1. The molecular formula is C22H25N3O2. The van der Waals surface area contributed by atoms with Gasteiger partial charge in [0.2, 0.25) is 5.91 Å². The Morgan fingerprint density at radius 3 is 2.81 bits per heavy atom. The highest BCUT2D eigenvalue weighted by Crippen LogP contribution is 2.18. The van der Waals surface area contributed by atoms with Gasteiger partial charge in [0.05, 0.1) is 17.6 Å². The first-order valence-corrected chi connectivity index (χ1v) is 9.13. The van der Waals surface area contributed by atoms with E-state index in [1.54, 1.807) is 0 Å². The van der Waals surface area contributed by atoms with Crippen LogP contribution >= 0.6 is 0 Å². The highest BCUT2D eigenvalue weighted by molar-refractivity contribution is 5.86. The maximum atomic E-state index is 11.4. The molecule has 5 nitrogen and oxygen atoms in total. The lowest BCUT2D eigenvalue weighted by Gasteiger charge is -2.12. The van der Waals surface area contributed by atoms with Crippen molar-refractivity contribution in [3.05, 3.63) is 72.1 Å². The standard InChI is InChI=1S/C22H25N3O2/c1-4-22(26)23-12-11-21-24-19-7-5-6-8-20(19)25(21)13-14-27-18-10-9-16(2)17(3)15-18/h4-10,15H,1,11-14H2,2-3H3,(H,23,26). The number of carbonyl (C=O) groups is 1. The Bertz CT molecular complexity index is 959. The minimum Gasteiger partial charge on any atom is -0.492 e. The Balaban J connectivity index is 1.71. The third kappa shape index (κ3) is 4.56. The van der Waals surface area contributed by atoms with E-state index in [1.807, 2.05) is 24.3 Å². The quantitative estimate of drug-likeness (QED) is 0.623. The number of aromatic nitrogens is 2. The zero-order chi connectivity index (χ0) is 19.2. The van der Waals surface area contributed by atoms with Crippen LogP contribution in [0.2, 0.25) is 0 Å².